The predicted molar refractivity (Wildman–Crippen MR) is 104 cm³/mol. The third-order valence-electron chi connectivity index (χ3n) is 4.16. The van der Waals surface area contributed by atoms with Crippen molar-refractivity contribution >= 4 is 16.9 Å². The van der Waals surface area contributed by atoms with Crippen LogP contribution in [0.4, 0.5) is 0 Å². The largest absolute Gasteiger partial charge is 0.493 e. The molecular formula is C22H23NO3. The Hall–Kier alpha value is -2.88. The fourth-order valence-corrected chi connectivity index (χ4v) is 2.72. The first kappa shape index (κ1) is 17.9. The van der Waals surface area contributed by atoms with Crippen LogP contribution >= 0.6 is 0 Å². The third kappa shape index (κ3) is 4.02. The maximum Gasteiger partial charge on any atom is 0.310 e. The van der Waals surface area contributed by atoms with Gasteiger partial charge in [0.15, 0.2) is 0 Å². The summed E-state index contributed by atoms with van der Waals surface area (Å²) in [6, 6.07) is 15.7. The standard InChI is InChI=1S/C22H23NO3/c1-3-5-13-25-21-15-18-19(14-17(21)16-9-7-6-8-10-16)23-12-11-20(18)26-22(24)4-2/h6-12,14-15H,3-5,13H2,1-2H3. The molecule has 1 aromatic heterocycles. The van der Waals surface area contributed by atoms with Crippen LogP contribution in [0.5, 0.6) is 11.5 Å². The zero-order valence-electron chi connectivity index (χ0n) is 15.2. The Morgan fingerprint density at radius 1 is 1.04 bits per heavy atom. The Balaban J connectivity index is 2.10. The lowest BCUT2D eigenvalue weighted by molar-refractivity contribution is -0.133. The summed E-state index contributed by atoms with van der Waals surface area (Å²) in [6.45, 7) is 4.55. The molecule has 0 bridgehead atoms. The number of pyridine rings is 1. The minimum Gasteiger partial charge on any atom is -0.493 e. The molecular weight excluding hydrogens is 326 g/mol. The highest BCUT2D eigenvalue weighted by atomic mass is 16.5. The van der Waals surface area contributed by atoms with Gasteiger partial charge in [-0.1, -0.05) is 50.6 Å². The van der Waals surface area contributed by atoms with E-state index in [9.17, 15) is 4.79 Å². The van der Waals surface area contributed by atoms with Gasteiger partial charge in [-0.2, -0.15) is 0 Å². The number of esters is 1. The van der Waals surface area contributed by atoms with Gasteiger partial charge in [-0.15, -0.1) is 0 Å². The molecule has 0 atom stereocenters. The molecule has 2 aromatic carbocycles. The minimum absolute atomic E-state index is 0.266. The lowest BCUT2D eigenvalue weighted by atomic mass is 10.0. The van der Waals surface area contributed by atoms with Crippen LogP contribution in [0.1, 0.15) is 33.1 Å². The van der Waals surface area contributed by atoms with E-state index < -0.39 is 0 Å². The van der Waals surface area contributed by atoms with E-state index in [1.54, 1.807) is 19.2 Å². The van der Waals surface area contributed by atoms with E-state index in [4.69, 9.17) is 9.47 Å². The first-order valence-electron chi connectivity index (χ1n) is 9.04. The summed E-state index contributed by atoms with van der Waals surface area (Å²) in [5.41, 5.74) is 2.83. The zero-order valence-corrected chi connectivity index (χ0v) is 15.2. The molecule has 134 valence electrons. The second kappa shape index (κ2) is 8.48. The number of hydrogen-bond acceptors (Lipinski definition) is 4. The van der Waals surface area contributed by atoms with Gasteiger partial charge in [-0.25, -0.2) is 0 Å². The van der Waals surface area contributed by atoms with Gasteiger partial charge in [-0.3, -0.25) is 9.78 Å². The van der Waals surface area contributed by atoms with E-state index in [1.165, 1.54) is 0 Å². The van der Waals surface area contributed by atoms with Gasteiger partial charge < -0.3 is 9.47 Å². The van der Waals surface area contributed by atoms with Gasteiger partial charge in [0.2, 0.25) is 0 Å². The maximum absolute atomic E-state index is 11.7. The van der Waals surface area contributed by atoms with Crippen LogP contribution < -0.4 is 9.47 Å². The Labute approximate surface area is 153 Å². The van der Waals surface area contributed by atoms with E-state index >= 15 is 0 Å². The van der Waals surface area contributed by atoms with Crippen molar-refractivity contribution < 1.29 is 14.3 Å². The highest BCUT2D eigenvalue weighted by Gasteiger charge is 2.14. The fourth-order valence-electron chi connectivity index (χ4n) is 2.72. The van der Waals surface area contributed by atoms with Gasteiger partial charge in [0, 0.05) is 23.6 Å². The quantitative estimate of drug-likeness (QED) is 0.423. The lowest BCUT2D eigenvalue weighted by Gasteiger charge is -2.14. The first-order chi connectivity index (χ1) is 12.7. The van der Waals surface area contributed by atoms with E-state index in [2.05, 4.69) is 24.0 Å². The molecule has 26 heavy (non-hydrogen) atoms. The van der Waals surface area contributed by atoms with Crippen molar-refractivity contribution in [1.82, 2.24) is 4.98 Å². The summed E-state index contributed by atoms with van der Waals surface area (Å²) in [5, 5.41) is 0.778. The van der Waals surface area contributed by atoms with Gasteiger partial charge in [0.25, 0.3) is 0 Å². The van der Waals surface area contributed by atoms with E-state index in [0.29, 0.717) is 18.8 Å². The van der Waals surface area contributed by atoms with Crippen LogP contribution in [0, 0.1) is 0 Å². The summed E-state index contributed by atoms with van der Waals surface area (Å²) in [5.74, 6) is 1.03. The molecule has 4 heteroatoms. The number of benzene rings is 2. The molecule has 4 nitrogen and oxygen atoms in total. The smallest absolute Gasteiger partial charge is 0.310 e. The number of aromatic nitrogens is 1. The molecule has 0 unspecified atom stereocenters. The van der Waals surface area contributed by atoms with Crippen molar-refractivity contribution in [3.8, 4) is 22.6 Å². The number of ether oxygens (including phenoxy) is 2. The Morgan fingerprint density at radius 3 is 2.58 bits per heavy atom. The third-order valence-corrected chi connectivity index (χ3v) is 4.16. The van der Waals surface area contributed by atoms with Gasteiger partial charge in [-0.05, 0) is 30.2 Å². The Kier molecular flexibility index (Phi) is 5.84. The molecule has 3 aromatic rings. The van der Waals surface area contributed by atoms with Gasteiger partial charge in [0.1, 0.15) is 11.5 Å². The summed E-state index contributed by atoms with van der Waals surface area (Å²) >= 11 is 0. The predicted octanol–water partition coefficient (Wildman–Crippen LogP) is 5.40. The summed E-state index contributed by atoms with van der Waals surface area (Å²) < 4.78 is 11.5. The average Bonchev–Trinajstić information content (AvgIpc) is 2.68. The van der Waals surface area contributed by atoms with Crippen molar-refractivity contribution in [3.05, 3.63) is 54.7 Å². The number of hydrogen-bond donors (Lipinski definition) is 0. The molecule has 0 aliphatic heterocycles. The first-order valence-corrected chi connectivity index (χ1v) is 9.04. The molecule has 0 saturated carbocycles. The highest BCUT2D eigenvalue weighted by Crippen LogP contribution is 2.37. The Bertz CT molecular complexity index is 891. The molecule has 0 saturated heterocycles. The summed E-state index contributed by atoms with van der Waals surface area (Å²) in [6.07, 6.45) is 4.03. The van der Waals surface area contributed by atoms with Crippen LogP contribution in [0.3, 0.4) is 0 Å². The monoisotopic (exact) mass is 349 g/mol. The number of nitrogens with zero attached hydrogens (tertiary/aromatic N) is 1. The van der Waals surface area contributed by atoms with Crippen molar-refractivity contribution in [2.45, 2.75) is 33.1 Å². The molecule has 1 heterocycles. The number of carbonyl (C=O) groups excluding carboxylic acids is 1. The molecule has 0 spiro atoms. The molecule has 0 N–H and O–H groups in total. The summed E-state index contributed by atoms with van der Waals surface area (Å²) in [4.78, 5) is 16.2. The number of rotatable bonds is 7. The number of carbonyl (C=O) groups is 1. The van der Waals surface area contributed by atoms with Gasteiger partial charge >= 0.3 is 5.97 Å². The zero-order chi connectivity index (χ0) is 18.4. The maximum atomic E-state index is 11.7. The van der Waals surface area contributed by atoms with Crippen LogP contribution in [-0.4, -0.2) is 17.6 Å². The van der Waals surface area contributed by atoms with Crippen molar-refractivity contribution in [3.63, 3.8) is 0 Å². The molecule has 0 amide bonds. The number of unbranched alkanes of at least 4 members (excludes halogenated alkanes) is 1. The fraction of sp³-hybridized carbons (Fsp3) is 0.273. The normalized spacial score (nSPS) is 10.7. The molecule has 0 aliphatic rings. The second-order valence-corrected chi connectivity index (χ2v) is 6.07. The van der Waals surface area contributed by atoms with E-state index in [1.807, 2.05) is 30.3 Å². The van der Waals surface area contributed by atoms with Crippen LogP contribution in [0.25, 0.3) is 22.0 Å². The van der Waals surface area contributed by atoms with E-state index in [0.717, 1.165) is 40.6 Å². The van der Waals surface area contributed by atoms with Crippen molar-refractivity contribution in [2.24, 2.45) is 0 Å². The van der Waals surface area contributed by atoms with Crippen molar-refractivity contribution in [1.29, 1.82) is 0 Å². The highest BCUT2D eigenvalue weighted by molar-refractivity contribution is 5.93. The summed E-state index contributed by atoms with van der Waals surface area (Å²) in [7, 11) is 0. The second-order valence-electron chi connectivity index (χ2n) is 6.07. The molecule has 3 rings (SSSR count). The number of fused-ring (bicyclic) bond motifs is 1. The van der Waals surface area contributed by atoms with E-state index in [-0.39, 0.29) is 5.97 Å². The Morgan fingerprint density at radius 2 is 1.85 bits per heavy atom. The van der Waals surface area contributed by atoms with Crippen molar-refractivity contribution in [2.75, 3.05) is 6.61 Å². The SMILES string of the molecule is CCCCOc1cc2c(OC(=O)CC)ccnc2cc1-c1ccccc1. The molecule has 0 fully saturated rings. The molecule has 0 aliphatic carbocycles. The lowest BCUT2D eigenvalue weighted by Crippen LogP contribution is -2.06. The van der Waals surface area contributed by atoms with Gasteiger partial charge in [0.05, 0.1) is 12.1 Å². The topological polar surface area (TPSA) is 48.4 Å². The van der Waals surface area contributed by atoms with Crippen LogP contribution in [0.15, 0.2) is 54.7 Å². The minimum atomic E-state index is -0.266. The molecule has 0 radical (unpaired) electrons. The average molecular weight is 349 g/mol. The van der Waals surface area contributed by atoms with Crippen LogP contribution in [-0.2, 0) is 4.79 Å². The van der Waals surface area contributed by atoms with Crippen LogP contribution in [0.2, 0.25) is 0 Å².